The first-order chi connectivity index (χ1) is 15.8. The smallest absolute Gasteiger partial charge is 0.435 e. The first kappa shape index (κ1) is 24.6. The zero-order chi connectivity index (χ0) is 25.1. The quantitative estimate of drug-likeness (QED) is 0.587. The van der Waals surface area contributed by atoms with E-state index in [0.29, 0.717) is 63.0 Å². The third kappa shape index (κ3) is 3.88. The maximum absolute atomic E-state index is 14.5. The Morgan fingerprint density at radius 2 is 1.50 bits per heavy atom. The molecule has 0 radical (unpaired) electrons. The van der Waals surface area contributed by atoms with Gasteiger partial charge in [-0.15, -0.1) is 0 Å². The second-order valence-corrected chi connectivity index (χ2v) is 9.14. The van der Waals surface area contributed by atoms with E-state index in [0.717, 1.165) is 6.07 Å². The summed E-state index contributed by atoms with van der Waals surface area (Å²) in [6.45, 7) is 0.973. The summed E-state index contributed by atoms with van der Waals surface area (Å²) in [7, 11) is 0. The Balaban J connectivity index is 1.54. The third-order valence-electron chi connectivity index (χ3n) is 7.34. The molecule has 1 aromatic rings. The van der Waals surface area contributed by atoms with E-state index in [1.165, 1.54) is 0 Å². The van der Waals surface area contributed by atoms with Crippen molar-refractivity contribution >= 4 is 12.0 Å². The van der Waals surface area contributed by atoms with Gasteiger partial charge >= 0.3 is 30.0 Å². The number of carbonyl (C=O) groups is 2. The minimum absolute atomic E-state index is 0.112. The Morgan fingerprint density at radius 3 is 2.06 bits per heavy atom. The first-order valence-corrected chi connectivity index (χ1v) is 11.0. The fourth-order valence-electron chi connectivity index (χ4n) is 5.50. The predicted octanol–water partition coefficient (Wildman–Crippen LogP) is 5.00. The average molecular weight is 496 g/mol. The largest absolute Gasteiger partial charge is 0.481 e. The summed E-state index contributed by atoms with van der Waals surface area (Å²) in [6.07, 6.45) is -10.7. The molecule has 0 saturated carbocycles. The summed E-state index contributed by atoms with van der Waals surface area (Å²) in [5.74, 6) is -1.67. The van der Waals surface area contributed by atoms with Crippen LogP contribution in [0.15, 0.2) is 18.2 Å². The van der Waals surface area contributed by atoms with Crippen LogP contribution in [0.1, 0.15) is 48.3 Å². The third-order valence-corrected chi connectivity index (χ3v) is 7.34. The summed E-state index contributed by atoms with van der Waals surface area (Å²) in [6, 6.07) is 1.81. The number of carboxylic acids is 1. The number of fused-ring (bicyclic) bond motifs is 3. The van der Waals surface area contributed by atoms with Crippen LogP contribution < -0.4 is 0 Å². The molecule has 1 aromatic carbocycles. The van der Waals surface area contributed by atoms with Crippen LogP contribution in [0.25, 0.3) is 0 Å². The van der Waals surface area contributed by atoms with Gasteiger partial charge in [-0.05, 0) is 43.2 Å². The van der Waals surface area contributed by atoms with Gasteiger partial charge < -0.3 is 14.9 Å². The molecule has 2 amide bonds. The van der Waals surface area contributed by atoms with E-state index < -0.39 is 35.5 Å². The number of carboxylic acid groups (broad SMARTS) is 1. The number of rotatable bonds is 2. The first-order valence-electron chi connectivity index (χ1n) is 11.0. The van der Waals surface area contributed by atoms with E-state index in [1.54, 1.807) is 9.80 Å². The van der Waals surface area contributed by atoms with Crippen LogP contribution in [0.3, 0.4) is 0 Å². The van der Waals surface area contributed by atoms with Crippen LogP contribution in [0, 0.1) is 5.92 Å². The molecule has 0 spiro atoms. The van der Waals surface area contributed by atoms with Crippen molar-refractivity contribution in [3.8, 4) is 0 Å². The zero-order valence-electron chi connectivity index (χ0n) is 17.9. The van der Waals surface area contributed by atoms with Crippen LogP contribution in [0.4, 0.5) is 35.5 Å². The number of carbonyl (C=O) groups excluding carboxylic acids is 1. The van der Waals surface area contributed by atoms with Crippen molar-refractivity contribution in [3.05, 3.63) is 34.9 Å². The number of alkyl halides is 7. The molecule has 188 valence electrons. The lowest BCUT2D eigenvalue weighted by Crippen LogP contribution is -2.51. The van der Waals surface area contributed by atoms with Crippen LogP contribution in [0.2, 0.25) is 0 Å². The second-order valence-electron chi connectivity index (χ2n) is 9.14. The summed E-state index contributed by atoms with van der Waals surface area (Å²) in [5, 5.41) is 9.12. The van der Waals surface area contributed by atoms with Gasteiger partial charge in [-0.25, -0.2) is 9.18 Å². The predicted molar refractivity (Wildman–Crippen MR) is 105 cm³/mol. The highest BCUT2D eigenvalue weighted by Crippen LogP contribution is 2.54. The molecule has 0 aromatic heterocycles. The molecule has 2 aliphatic heterocycles. The summed E-state index contributed by atoms with van der Waals surface area (Å²) < 4.78 is 93.3. The maximum atomic E-state index is 14.5. The summed E-state index contributed by atoms with van der Waals surface area (Å²) in [4.78, 5) is 27.4. The fraction of sp³-hybridized carbons (Fsp3) is 0.636. The van der Waals surface area contributed by atoms with Gasteiger partial charge in [0.1, 0.15) is 0 Å². The maximum Gasteiger partial charge on any atom is 0.435 e. The standard InChI is InChI=1S/C22H23F7N2O3/c23-20(21(24,25)26,22(27,28)29)14-2-3-15-13(11-14)1-4-17-16(15)7-10-31(17)19(34)30-8-5-12(6-9-30)18(32)33/h2-3,11-12,16-17H,1,4-10H2,(H,32,33). The molecular weight excluding hydrogens is 473 g/mol. The van der Waals surface area contributed by atoms with Gasteiger partial charge in [0.2, 0.25) is 0 Å². The van der Waals surface area contributed by atoms with Crippen LogP contribution >= 0.6 is 0 Å². The molecule has 2 fully saturated rings. The van der Waals surface area contributed by atoms with E-state index in [4.69, 9.17) is 5.11 Å². The van der Waals surface area contributed by atoms with Crippen molar-refractivity contribution in [1.82, 2.24) is 9.80 Å². The molecular formula is C22H23F7N2O3. The fourth-order valence-corrected chi connectivity index (χ4v) is 5.50. The van der Waals surface area contributed by atoms with Gasteiger partial charge in [0.15, 0.2) is 0 Å². The van der Waals surface area contributed by atoms with Crippen molar-refractivity contribution in [2.45, 2.75) is 62.1 Å². The van der Waals surface area contributed by atoms with Crippen molar-refractivity contribution in [2.75, 3.05) is 19.6 Å². The molecule has 3 aliphatic rings. The molecule has 1 aliphatic carbocycles. The number of likely N-dealkylation sites (tertiary alicyclic amines) is 2. The number of halogens is 7. The average Bonchev–Trinajstić information content (AvgIpc) is 3.20. The minimum Gasteiger partial charge on any atom is -0.481 e. The zero-order valence-corrected chi connectivity index (χ0v) is 17.9. The number of nitrogens with zero attached hydrogens (tertiary/aromatic N) is 2. The molecule has 2 heterocycles. The Kier molecular flexibility index (Phi) is 6.00. The number of hydrogen-bond acceptors (Lipinski definition) is 2. The van der Waals surface area contributed by atoms with E-state index in [-0.39, 0.29) is 30.0 Å². The normalized spacial score (nSPS) is 24.1. The van der Waals surface area contributed by atoms with Crippen LogP contribution in [-0.4, -0.2) is 64.9 Å². The molecule has 34 heavy (non-hydrogen) atoms. The number of aliphatic carboxylic acids is 1. The number of aryl methyl sites for hydroxylation is 1. The van der Waals surface area contributed by atoms with Gasteiger partial charge in [0.25, 0.3) is 0 Å². The lowest BCUT2D eigenvalue weighted by Gasteiger charge is -2.38. The highest BCUT2D eigenvalue weighted by Gasteiger charge is 2.73. The van der Waals surface area contributed by atoms with Crippen LogP contribution in [-0.2, 0) is 16.9 Å². The molecule has 1 N–H and O–H groups in total. The van der Waals surface area contributed by atoms with Crippen molar-refractivity contribution < 1.29 is 45.4 Å². The minimum atomic E-state index is -6.17. The lowest BCUT2D eigenvalue weighted by molar-refractivity contribution is -0.348. The SMILES string of the molecule is O=C(O)C1CCN(C(=O)N2CCC3c4ccc(C(F)(C(F)(F)F)C(F)(F)F)cc4CCC32)CC1. The van der Waals surface area contributed by atoms with E-state index in [1.807, 2.05) is 0 Å². The highest BCUT2D eigenvalue weighted by molar-refractivity contribution is 5.76. The van der Waals surface area contributed by atoms with E-state index in [2.05, 4.69) is 0 Å². The lowest BCUT2D eigenvalue weighted by atomic mass is 9.77. The Bertz CT molecular complexity index is 956. The van der Waals surface area contributed by atoms with Gasteiger partial charge in [0, 0.05) is 37.2 Å². The van der Waals surface area contributed by atoms with Gasteiger partial charge in [-0.2, -0.15) is 26.3 Å². The monoisotopic (exact) mass is 496 g/mol. The Labute approximate surface area is 190 Å². The van der Waals surface area contributed by atoms with Crippen LogP contribution in [0.5, 0.6) is 0 Å². The highest BCUT2D eigenvalue weighted by atomic mass is 19.4. The van der Waals surface area contributed by atoms with Crippen molar-refractivity contribution in [3.63, 3.8) is 0 Å². The molecule has 2 saturated heterocycles. The van der Waals surface area contributed by atoms with Gasteiger partial charge in [0.05, 0.1) is 5.92 Å². The molecule has 5 nitrogen and oxygen atoms in total. The Morgan fingerprint density at radius 1 is 0.882 bits per heavy atom. The summed E-state index contributed by atoms with van der Waals surface area (Å²) >= 11 is 0. The number of hydrogen-bond donors (Lipinski definition) is 1. The number of amides is 2. The molecule has 4 rings (SSSR count). The van der Waals surface area contributed by atoms with Crippen molar-refractivity contribution in [2.24, 2.45) is 5.92 Å². The Hall–Kier alpha value is -2.53. The topological polar surface area (TPSA) is 60.9 Å². The number of benzene rings is 1. The second kappa shape index (κ2) is 8.30. The molecule has 2 unspecified atom stereocenters. The van der Waals surface area contributed by atoms with Crippen molar-refractivity contribution in [1.29, 1.82) is 0 Å². The van der Waals surface area contributed by atoms with Gasteiger partial charge in [-0.1, -0.05) is 18.2 Å². The van der Waals surface area contributed by atoms with Gasteiger partial charge in [-0.3, -0.25) is 4.79 Å². The van der Waals surface area contributed by atoms with E-state index >= 15 is 0 Å². The summed E-state index contributed by atoms with van der Waals surface area (Å²) in [5.41, 5.74) is -6.19. The number of piperidine rings is 1. The molecule has 12 heteroatoms. The van der Waals surface area contributed by atoms with E-state index in [9.17, 15) is 40.3 Å². The number of urea groups is 1. The molecule has 2 atom stereocenters. The molecule has 0 bridgehead atoms.